The molecule has 0 spiro atoms. The SMILES string of the molecule is CCNCC1CCC(C(C)C)CC1c1cccc(C)c1. The van der Waals surface area contributed by atoms with Crippen LogP contribution in [0, 0.1) is 24.7 Å². The molecule has 1 aliphatic carbocycles. The predicted octanol–water partition coefficient (Wildman–Crippen LogP) is 4.76. The lowest BCUT2D eigenvalue weighted by Gasteiger charge is -2.38. The molecule has 0 bridgehead atoms. The summed E-state index contributed by atoms with van der Waals surface area (Å²) < 4.78 is 0. The van der Waals surface area contributed by atoms with E-state index in [4.69, 9.17) is 0 Å². The Kier molecular flexibility index (Phi) is 5.65. The average molecular weight is 273 g/mol. The van der Waals surface area contributed by atoms with Crippen LogP contribution >= 0.6 is 0 Å². The zero-order valence-corrected chi connectivity index (χ0v) is 13.7. The second kappa shape index (κ2) is 7.26. The molecule has 1 nitrogen and oxygen atoms in total. The van der Waals surface area contributed by atoms with Gasteiger partial charge in [-0.15, -0.1) is 0 Å². The Bertz CT molecular complexity index is 410. The van der Waals surface area contributed by atoms with Gasteiger partial charge in [0, 0.05) is 0 Å². The van der Waals surface area contributed by atoms with Crippen LogP contribution in [0.2, 0.25) is 0 Å². The number of hydrogen-bond acceptors (Lipinski definition) is 1. The predicted molar refractivity (Wildman–Crippen MR) is 88.1 cm³/mol. The van der Waals surface area contributed by atoms with Crippen LogP contribution in [0.5, 0.6) is 0 Å². The van der Waals surface area contributed by atoms with E-state index in [1.54, 1.807) is 5.56 Å². The van der Waals surface area contributed by atoms with Crippen LogP contribution in [0.4, 0.5) is 0 Å². The summed E-state index contributed by atoms with van der Waals surface area (Å²) in [5, 5.41) is 3.58. The van der Waals surface area contributed by atoms with Gasteiger partial charge in [-0.3, -0.25) is 0 Å². The van der Waals surface area contributed by atoms with Crippen LogP contribution in [0.15, 0.2) is 24.3 Å². The Morgan fingerprint density at radius 2 is 2.05 bits per heavy atom. The summed E-state index contributed by atoms with van der Waals surface area (Å²) in [6, 6.07) is 9.20. The van der Waals surface area contributed by atoms with Crippen molar-refractivity contribution in [3.63, 3.8) is 0 Å². The van der Waals surface area contributed by atoms with Crippen molar-refractivity contribution in [2.24, 2.45) is 17.8 Å². The molecular formula is C19H31N. The van der Waals surface area contributed by atoms with Crippen LogP contribution in [0.1, 0.15) is 57.1 Å². The lowest BCUT2D eigenvalue weighted by atomic mass is 9.68. The van der Waals surface area contributed by atoms with E-state index in [2.05, 4.69) is 57.3 Å². The minimum Gasteiger partial charge on any atom is -0.317 e. The second-order valence-electron chi connectivity index (χ2n) is 6.91. The molecule has 1 heteroatoms. The monoisotopic (exact) mass is 273 g/mol. The molecule has 0 aliphatic heterocycles. The zero-order valence-electron chi connectivity index (χ0n) is 13.7. The molecule has 1 aromatic rings. The molecular weight excluding hydrogens is 242 g/mol. The van der Waals surface area contributed by atoms with Crippen molar-refractivity contribution in [2.45, 2.75) is 52.9 Å². The van der Waals surface area contributed by atoms with E-state index in [9.17, 15) is 0 Å². The third-order valence-corrected chi connectivity index (χ3v) is 5.10. The van der Waals surface area contributed by atoms with Crippen LogP contribution in [0.3, 0.4) is 0 Å². The molecule has 1 N–H and O–H groups in total. The van der Waals surface area contributed by atoms with E-state index < -0.39 is 0 Å². The van der Waals surface area contributed by atoms with Gasteiger partial charge in [0.25, 0.3) is 0 Å². The van der Waals surface area contributed by atoms with Crippen LogP contribution in [-0.4, -0.2) is 13.1 Å². The maximum Gasteiger partial charge on any atom is -0.00148 e. The van der Waals surface area contributed by atoms with E-state index in [1.807, 2.05) is 0 Å². The topological polar surface area (TPSA) is 12.0 Å². The smallest absolute Gasteiger partial charge is 0.00148 e. The fourth-order valence-electron chi connectivity index (χ4n) is 3.75. The van der Waals surface area contributed by atoms with Gasteiger partial charge in [0.15, 0.2) is 0 Å². The molecule has 0 heterocycles. The fourth-order valence-corrected chi connectivity index (χ4v) is 3.75. The summed E-state index contributed by atoms with van der Waals surface area (Å²) in [4.78, 5) is 0. The van der Waals surface area contributed by atoms with Crippen molar-refractivity contribution in [2.75, 3.05) is 13.1 Å². The van der Waals surface area contributed by atoms with Crippen molar-refractivity contribution >= 4 is 0 Å². The molecule has 0 radical (unpaired) electrons. The average Bonchev–Trinajstić information content (AvgIpc) is 2.44. The van der Waals surface area contributed by atoms with Gasteiger partial charge < -0.3 is 5.32 Å². The number of benzene rings is 1. The summed E-state index contributed by atoms with van der Waals surface area (Å²) >= 11 is 0. The normalized spacial score (nSPS) is 26.9. The molecule has 3 unspecified atom stereocenters. The van der Waals surface area contributed by atoms with Crippen molar-refractivity contribution < 1.29 is 0 Å². The Morgan fingerprint density at radius 3 is 2.70 bits per heavy atom. The van der Waals surface area contributed by atoms with Crippen molar-refractivity contribution in [3.8, 4) is 0 Å². The first-order valence-corrected chi connectivity index (χ1v) is 8.39. The highest BCUT2D eigenvalue weighted by atomic mass is 14.8. The third kappa shape index (κ3) is 3.85. The van der Waals surface area contributed by atoms with E-state index in [-0.39, 0.29) is 0 Å². The molecule has 1 saturated carbocycles. The minimum atomic E-state index is 0.745. The van der Waals surface area contributed by atoms with E-state index in [0.29, 0.717) is 0 Å². The Balaban J connectivity index is 2.16. The van der Waals surface area contributed by atoms with E-state index in [1.165, 1.54) is 31.4 Å². The van der Waals surface area contributed by atoms with Gasteiger partial charge in [-0.05, 0) is 68.5 Å². The Hall–Kier alpha value is -0.820. The molecule has 1 aliphatic rings. The molecule has 20 heavy (non-hydrogen) atoms. The van der Waals surface area contributed by atoms with Gasteiger partial charge in [0.1, 0.15) is 0 Å². The van der Waals surface area contributed by atoms with Crippen molar-refractivity contribution in [1.82, 2.24) is 5.32 Å². The first-order valence-electron chi connectivity index (χ1n) is 8.39. The standard InChI is InChI=1S/C19H31N/c1-5-20-13-18-10-9-16(14(2)3)12-19(18)17-8-6-7-15(4)11-17/h6-8,11,14,16,18-20H,5,9-10,12-13H2,1-4H3. The third-order valence-electron chi connectivity index (χ3n) is 5.10. The maximum absolute atomic E-state index is 3.58. The van der Waals surface area contributed by atoms with Crippen LogP contribution < -0.4 is 5.32 Å². The molecule has 1 aromatic carbocycles. The largest absolute Gasteiger partial charge is 0.317 e. The Morgan fingerprint density at radius 1 is 1.25 bits per heavy atom. The molecule has 2 rings (SSSR count). The van der Waals surface area contributed by atoms with Gasteiger partial charge in [-0.2, -0.15) is 0 Å². The molecule has 0 aromatic heterocycles. The first-order chi connectivity index (χ1) is 9.61. The summed E-state index contributed by atoms with van der Waals surface area (Å²) in [7, 11) is 0. The highest BCUT2D eigenvalue weighted by molar-refractivity contribution is 5.26. The number of hydrogen-bond donors (Lipinski definition) is 1. The fraction of sp³-hybridized carbons (Fsp3) is 0.684. The lowest BCUT2D eigenvalue weighted by molar-refractivity contribution is 0.191. The van der Waals surface area contributed by atoms with Gasteiger partial charge in [-0.25, -0.2) is 0 Å². The van der Waals surface area contributed by atoms with E-state index >= 15 is 0 Å². The first kappa shape index (κ1) is 15.6. The van der Waals surface area contributed by atoms with E-state index in [0.717, 1.165) is 30.2 Å². The minimum absolute atomic E-state index is 0.745. The van der Waals surface area contributed by atoms with Crippen molar-refractivity contribution in [1.29, 1.82) is 0 Å². The molecule has 1 fully saturated rings. The van der Waals surface area contributed by atoms with Crippen molar-refractivity contribution in [3.05, 3.63) is 35.4 Å². The number of aryl methyl sites for hydroxylation is 1. The summed E-state index contributed by atoms with van der Waals surface area (Å²) in [5.74, 6) is 3.28. The maximum atomic E-state index is 3.58. The quantitative estimate of drug-likeness (QED) is 0.815. The summed E-state index contributed by atoms with van der Waals surface area (Å²) in [6.07, 6.45) is 4.17. The van der Waals surface area contributed by atoms with Gasteiger partial charge in [0.2, 0.25) is 0 Å². The Labute approximate surface area is 125 Å². The molecule has 3 atom stereocenters. The summed E-state index contributed by atoms with van der Waals surface area (Å²) in [6.45, 7) is 11.5. The number of rotatable bonds is 5. The second-order valence-corrected chi connectivity index (χ2v) is 6.91. The van der Waals surface area contributed by atoms with Gasteiger partial charge in [-0.1, -0.05) is 50.6 Å². The summed E-state index contributed by atoms with van der Waals surface area (Å²) in [5.41, 5.74) is 2.97. The molecule has 0 saturated heterocycles. The molecule has 112 valence electrons. The van der Waals surface area contributed by atoms with Gasteiger partial charge >= 0.3 is 0 Å². The highest BCUT2D eigenvalue weighted by Crippen LogP contribution is 2.43. The highest BCUT2D eigenvalue weighted by Gasteiger charge is 2.32. The van der Waals surface area contributed by atoms with Gasteiger partial charge in [0.05, 0.1) is 0 Å². The lowest BCUT2D eigenvalue weighted by Crippen LogP contribution is -2.33. The molecule has 0 amide bonds. The van der Waals surface area contributed by atoms with Crippen LogP contribution in [0.25, 0.3) is 0 Å². The number of nitrogens with one attached hydrogen (secondary N) is 1. The van der Waals surface area contributed by atoms with Crippen LogP contribution in [-0.2, 0) is 0 Å². The zero-order chi connectivity index (χ0) is 14.5.